The first-order chi connectivity index (χ1) is 7.16. The van der Waals surface area contributed by atoms with Crippen LogP contribution >= 0.6 is 0 Å². The quantitative estimate of drug-likeness (QED) is 0.784. The van der Waals surface area contributed by atoms with E-state index in [0.29, 0.717) is 6.04 Å². The summed E-state index contributed by atoms with van der Waals surface area (Å²) in [6, 6.07) is 0.317. The summed E-state index contributed by atoms with van der Waals surface area (Å²) in [7, 11) is 2.08. The van der Waals surface area contributed by atoms with E-state index in [1.807, 2.05) is 0 Å². The summed E-state index contributed by atoms with van der Waals surface area (Å²) in [4.78, 5) is 12.9. The molecule has 1 saturated heterocycles. The minimum atomic E-state index is -0.912. The van der Waals surface area contributed by atoms with E-state index < -0.39 is 5.97 Å². The third-order valence-electron chi connectivity index (χ3n) is 2.82. The van der Waals surface area contributed by atoms with Gasteiger partial charge in [-0.1, -0.05) is 0 Å². The van der Waals surface area contributed by atoms with Crippen molar-refractivity contribution in [1.82, 2.24) is 14.7 Å². The Morgan fingerprint density at radius 1 is 1.67 bits per heavy atom. The molecule has 15 heavy (non-hydrogen) atoms. The molecule has 0 saturated carbocycles. The smallest absolute Gasteiger partial charge is 0.338 e. The molecule has 5 nitrogen and oxygen atoms in total. The van der Waals surface area contributed by atoms with Crippen molar-refractivity contribution < 1.29 is 9.90 Å². The van der Waals surface area contributed by atoms with Crippen LogP contribution in [0.25, 0.3) is 0 Å². The van der Waals surface area contributed by atoms with Crippen LogP contribution in [-0.4, -0.2) is 45.9 Å². The van der Waals surface area contributed by atoms with Crippen molar-refractivity contribution in [2.24, 2.45) is 0 Å². The Balaban J connectivity index is 2.11. The highest BCUT2D eigenvalue weighted by molar-refractivity contribution is 5.86. The van der Waals surface area contributed by atoms with Crippen LogP contribution in [0.1, 0.15) is 29.2 Å². The molecule has 1 N–H and O–H groups in total. The summed E-state index contributed by atoms with van der Waals surface area (Å²) in [5.41, 5.74) is 0.267. The summed E-state index contributed by atoms with van der Waals surface area (Å²) in [6.45, 7) is 2.06. The van der Waals surface area contributed by atoms with Gasteiger partial charge in [-0.2, -0.15) is 5.10 Å². The van der Waals surface area contributed by atoms with Crippen LogP contribution < -0.4 is 0 Å². The molecular weight excluding hydrogens is 194 g/mol. The van der Waals surface area contributed by atoms with E-state index in [1.54, 1.807) is 10.9 Å². The first-order valence-electron chi connectivity index (χ1n) is 5.13. The van der Waals surface area contributed by atoms with Crippen LogP contribution in [0.15, 0.2) is 12.4 Å². The van der Waals surface area contributed by atoms with Gasteiger partial charge in [-0.3, -0.25) is 4.68 Å². The standard InChI is InChI=1S/C10H15N3O2/c1-12-4-2-3-9(7-12)13-6-8(5-11-13)10(14)15/h5-6,9H,2-4,7H2,1H3,(H,14,15). The van der Waals surface area contributed by atoms with Gasteiger partial charge >= 0.3 is 5.97 Å². The fraction of sp³-hybridized carbons (Fsp3) is 0.600. The van der Waals surface area contributed by atoms with E-state index in [2.05, 4.69) is 17.0 Å². The molecule has 0 aliphatic carbocycles. The molecule has 1 atom stereocenters. The minimum absolute atomic E-state index is 0.267. The lowest BCUT2D eigenvalue weighted by Gasteiger charge is -2.29. The summed E-state index contributed by atoms with van der Waals surface area (Å²) in [5, 5.41) is 12.9. The molecule has 2 rings (SSSR count). The molecule has 1 aromatic heterocycles. The Kier molecular flexibility index (Phi) is 2.73. The highest BCUT2D eigenvalue weighted by Crippen LogP contribution is 2.19. The molecule has 0 spiro atoms. The van der Waals surface area contributed by atoms with Crippen LogP contribution in [0.4, 0.5) is 0 Å². The van der Waals surface area contributed by atoms with E-state index in [0.717, 1.165) is 25.9 Å². The summed E-state index contributed by atoms with van der Waals surface area (Å²) < 4.78 is 1.78. The van der Waals surface area contributed by atoms with Crippen LogP contribution in [-0.2, 0) is 0 Å². The average Bonchev–Trinajstić information content (AvgIpc) is 2.66. The maximum absolute atomic E-state index is 10.7. The zero-order chi connectivity index (χ0) is 10.8. The fourth-order valence-electron chi connectivity index (χ4n) is 2.00. The van der Waals surface area contributed by atoms with Gasteiger partial charge in [0.05, 0.1) is 17.8 Å². The molecule has 5 heteroatoms. The SMILES string of the molecule is CN1CCCC(n2cc(C(=O)O)cn2)C1. The van der Waals surface area contributed by atoms with Crippen molar-refractivity contribution >= 4 is 5.97 Å². The fourth-order valence-corrected chi connectivity index (χ4v) is 2.00. The van der Waals surface area contributed by atoms with Gasteiger partial charge in [0.2, 0.25) is 0 Å². The number of aromatic nitrogens is 2. The van der Waals surface area contributed by atoms with Crippen molar-refractivity contribution in [3.05, 3.63) is 18.0 Å². The molecule has 0 bridgehead atoms. The summed E-state index contributed by atoms with van der Waals surface area (Å²) >= 11 is 0. The van der Waals surface area contributed by atoms with Crippen LogP contribution in [0.2, 0.25) is 0 Å². The van der Waals surface area contributed by atoms with E-state index >= 15 is 0 Å². The summed E-state index contributed by atoms with van der Waals surface area (Å²) in [5.74, 6) is -0.912. The number of aromatic carboxylic acids is 1. The predicted molar refractivity (Wildman–Crippen MR) is 55.0 cm³/mol. The van der Waals surface area contributed by atoms with Gasteiger partial charge in [0, 0.05) is 12.7 Å². The Morgan fingerprint density at radius 2 is 2.47 bits per heavy atom. The Bertz CT molecular complexity index is 361. The molecule has 1 aromatic rings. The molecule has 1 aliphatic heterocycles. The lowest BCUT2D eigenvalue weighted by atomic mass is 10.1. The van der Waals surface area contributed by atoms with Crippen LogP contribution in [0, 0.1) is 0 Å². The highest BCUT2D eigenvalue weighted by Gasteiger charge is 2.20. The van der Waals surface area contributed by atoms with Crippen molar-refractivity contribution in [2.75, 3.05) is 20.1 Å². The van der Waals surface area contributed by atoms with E-state index in [-0.39, 0.29) is 5.56 Å². The Morgan fingerprint density at radius 3 is 3.07 bits per heavy atom. The number of hydrogen-bond acceptors (Lipinski definition) is 3. The molecule has 0 radical (unpaired) electrons. The predicted octanol–water partition coefficient (Wildman–Crippen LogP) is 0.848. The Labute approximate surface area is 88.3 Å². The van der Waals surface area contributed by atoms with Gasteiger partial charge in [-0.05, 0) is 26.4 Å². The van der Waals surface area contributed by atoms with Crippen LogP contribution in [0.3, 0.4) is 0 Å². The molecule has 1 unspecified atom stereocenters. The molecule has 0 aromatic carbocycles. The lowest BCUT2D eigenvalue weighted by molar-refractivity contribution is 0.0696. The maximum Gasteiger partial charge on any atom is 0.338 e. The average molecular weight is 209 g/mol. The number of rotatable bonds is 2. The van der Waals surface area contributed by atoms with Gasteiger partial charge in [0.25, 0.3) is 0 Å². The van der Waals surface area contributed by atoms with Gasteiger partial charge in [-0.15, -0.1) is 0 Å². The van der Waals surface area contributed by atoms with Gasteiger partial charge < -0.3 is 10.0 Å². The molecule has 1 fully saturated rings. The second-order valence-corrected chi connectivity index (χ2v) is 4.07. The lowest BCUT2D eigenvalue weighted by Crippen LogP contribution is -2.33. The largest absolute Gasteiger partial charge is 0.478 e. The number of likely N-dealkylation sites (N-methyl/N-ethyl adjacent to an activating group) is 1. The minimum Gasteiger partial charge on any atom is -0.478 e. The number of nitrogens with zero attached hydrogens (tertiary/aromatic N) is 3. The van der Waals surface area contributed by atoms with Gasteiger partial charge in [-0.25, -0.2) is 4.79 Å². The molecule has 82 valence electrons. The monoisotopic (exact) mass is 209 g/mol. The zero-order valence-corrected chi connectivity index (χ0v) is 8.76. The highest BCUT2D eigenvalue weighted by atomic mass is 16.4. The van der Waals surface area contributed by atoms with Crippen molar-refractivity contribution in [3.63, 3.8) is 0 Å². The van der Waals surface area contributed by atoms with Crippen LogP contribution in [0.5, 0.6) is 0 Å². The molecular formula is C10H15N3O2. The second kappa shape index (κ2) is 4.02. The van der Waals surface area contributed by atoms with Crippen molar-refractivity contribution in [2.45, 2.75) is 18.9 Å². The van der Waals surface area contributed by atoms with Gasteiger partial charge in [0.1, 0.15) is 0 Å². The third-order valence-corrected chi connectivity index (χ3v) is 2.82. The van der Waals surface area contributed by atoms with E-state index in [9.17, 15) is 4.79 Å². The number of carboxylic acids is 1. The number of hydrogen-bond donors (Lipinski definition) is 1. The molecule has 0 amide bonds. The number of likely N-dealkylation sites (tertiary alicyclic amines) is 1. The normalized spacial score (nSPS) is 22.9. The van der Waals surface area contributed by atoms with E-state index in [4.69, 9.17) is 5.11 Å². The van der Waals surface area contributed by atoms with Crippen molar-refractivity contribution in [3.8, 4) is 0 Å². The Hall–Kier alpha value is -1.36. The third kappa shape index (κ3) is 2.18. The summed E-state index contributed by atoms with van der Waals surface area (Å²) in [6.07, 6.45) is 5.25. The van der Waals surface area contributed by atoms with Crippen molar-refractivity contribution in [1.29, 1.82) is 0 Å². The topological polar surface area (TPSA) is 58.4 Å². The van der Waals surface area contributed by atoms with Gasteiger partial charge in [0.15, 0.2) is 0 Å². The molecule has 2 heterocycles. The first-order valence-corrected chi connectivity index (χ1v) is 5.13. The molecule has 1 aliphatic rings. The first kappa shape index (κ1) is 10.2. The zero-order valence-electron chi connectivity index (χ0n) is 8.76. The van der Waals surface area contributed by atoms with E-state index in [1.165, 1.54) is 6.20 Å². The second-order valence-electron chi connectivity index (χ2n) is 4.07. The number of carbonyl (C=O) groups is 1. The maximum atomic E-state index is 10.7. The number of carboxylic acid groups (broad SMARTS) is 1. The number of piperidine rings is 1.